The highest BCUT2D eigenvalue weighted by molar-refractivity contribution is 7.12. The Kier molecular flexibility index (Phi) is 5.61. The molecule has 2 heterocycles. The molecule has 6 heteroatoms. The lowest BCUT2D eigenvalue weighted by Crippen LogP contribution is -2.37. The number of hydrogen-bond acceptors (Lipinski definition) is 4. The summed E-state index contributed by atoms with van der Waals surface area (Å²) in [6, 6.07) is 11.4. The fraction of sp³-hybridized carbons (Fsp3) is 0.333. The highest BCUT2D eigenvalue weighted by Gasteiger charge is 2.15. The number of carbonyl (C=O) groups excluding carboxylic acids is 2. The van der Waals surface area contributed by atoms with E-state index in [0.29, 0.717) is 29.6 Å². The van der Waals surface area contributed by atoms with Crippen molar-refractivity contribution >= 4 is 23.2 Å². The van der Waals surface area contributed by atoms with E-state index in [1.807, 2.05) is 23.6 Å². The SMILES string of the molecule is O=C(NCC1CCCN1)c1ccc(CNC(=O)c2cccs2)cc1. The minimum Gasteiger partial charge on any atom is -0.350 e. The third-order valence-corrected chi connectivity index (χ3v) is 4.95. The normalized spacial score (nSPS) is 16.8. The monoisotopic (exact) mass is 343 g/mol. The molecule has 1 unspecified atom stereocenters. The van der Waals surface area contributed by atoms with Crippen LogP contribution in [-0.2, 0) is 6.54 Å². The number of hydrogen-bond donors (Lipinski definition) is 3. The van der Waals surface area contributed by atoms with Crippen LogP contribution < -0.4 is 16.0 Å². The molecule has 5 nitrogen and oxygen atoms in total. The highest BCUT2D eigenvalue weighted by atomic mass is 32.1. The minimum absolute atomic E-state index is 0.0575. The van der Waals surface area contributed by atoms with Crippen molar-refractivity contribution < 1.29 is 9.59 Å². The van der Waals surface area contributed by atoms with Crippen molar-refractivity contribution in [3.05, 3.63) is 57.8 Å². The van der Waals surface area contributed by atoms with E-state index in [-0.39, 0.29) is 11.8 Å². The van der Waals surface area contributed by atoms with E-state index in [0.717, 1.165) is 18.5 Å². The van der Waals surface area contributed by atoms with E-state index in [1.54, 1.807) is 18.2 Å². The first-order valence-electron chi connectivity index (χ1n) is 8.14. The largest absolute Gasteiger partial charge is 0.350 e. The Morgan fingerprint density at radius 2 is 1.96 bits per heavy atom. The van der Waals surface area contributed by atoms with E-state index in [2.05, 4.69) is 16.0 Å². The van der Waals surface area contributed by atoms with Crippen molar-refractivity contribution in [2.24, 2.45) is 0 Å². The zero-order chi connectivity index (χ0) is 16.8. The molecule has 2 amide bonds. The Bertz CT molecular complexity index is 677. The first-order chi connectivity index (χ1) is 11.7. The average molecular weight is 343 g/mol. The van der Waals surface area contributed by atoms with Gasteiger partial charge in [-0.25, -0.2) is 0 Å². The summed E-state index contributed by atoms with van der Waals surface area (Å²) in [6.07, 6.45) is 2.29. The van der Waals surface area contributed by atoms with Gasteiger partial charge in [-0.3, -0.25) is 9.59 Å². The summed E-state index contributed by atoms with van der Waals surface area (Å²) in [5, 5.41) is 11.1. The molecule has 3 N–H and O–H groups in total. The standard InChI is InChI=1S/C18H21N3O2S/c22-17(21-12-15-3-1-9-19-15)14-7-5-13(6-8-14)11-20-18(23)16-4-2-10-24-16/h2,4-8,10,15,19H,1,3,9,11-12H2,(H,20,23)(H,21,22). The zero-order valence-corrected chi connectivity index (χ0v) is 14.2. The van der Waals surface area contributed by atoms with E-state index in [1.165, 1.54) is 17.8 Å². The maximum absolute atomic E-state index is 12.1. The summed E-state index contributed by atoms with van der Waals surface area (Å²) in [5.74, 6) is -0.131. The molecule has 1 aliphatic heterocycles. The van der Waals surface area contributed by atoms with Crippen LogP contribution in [0.1, 0.15) is 38.4 Å². The molecule has 1 fully saturated rings. The number of carbonyl (C=O) groups is 2. The molecule has 1 aromatic heterocycles. The molecule has 1 atom stereocenters. The summed E-state index contributed by atoms with van der Waals surface area (Å²) in [4.78, 5) is 24.7. The van der Waals surface area contributed by atoms with Crippen molar-refractivity contribution in [2.75, 3.05) is 13.1 Å². The van der Waals surface area contributed by atoms with Crippen LogP contribution in [0, 0.1) is 0 Å². The third kappa shape index (κ3) is 4.43. The van der Waals surface area contributed by atoms with Gasteiger partial charge in [0.25, 0.3) is 11.8 Å². The summed E-state index contributed by atoms with van der Waals surface area (Å²) in [7, 11) is 0. The molecule has 1 saturated heterocycles. The van der Waals surface area contributed by atoms with Crippen molar-refractivity contribution in [2.45, 2.75) is 25.4 Å². The second kappa shape index (κ2) is 8.08. The molecule has 0 aliphatic carbocycles. The van der Waals surface area contributed by atoms with Gasteiger partial charge in [0.05, 0.1) is 4.88 Å². The molecular weight excluding hydrogens is 322 g/mol. The lowest BCUT2D eigenvalue weighted by molar-refractivity contribution is 0.0943. The summed E-state index contributed by atoms with van der Waals surface area (Å²) in [5.41, 5.74) is 1.61. The molecule has 1 aliphatic rings. The lowest BCUT2D eigenvalue weighted by Gasteiger charge is -2.11. The topological polar surface area (TPSA) is 70.2 Å². The maximum atomic E-state index is 12.1. The first-order valence-corrected chi connectivity index (χ1v) is 9.02. The number of nitrogens with one attached hydrogen (secondary N) is 3. The highest BCUT2D eigenvalue weighted by Crippen LogP contribution is 2.09. The number of amides is 2. The predicted octanol–water partition coefficient (Wildman–Crippen LogP) is 2.16. The molecule has 0 radical (unpaired) electrons. The lowest BCUT2D eigenvalue weighted by atomic mass is 10.1. The molecule has 1 aromatic carbocycles. The number of thiophene rings is 1. The van der Waals surface area contributed by atoms with Crippen LogP contribution >= 0.6 is 11.3 Å². The van der Waals surface area contributed by atoms with Crippen LogP contribution in [-0.4, -0.2) is 30.9 Å². The summed E-state index contributed by atoms with van der Waals surface area (Å²) < 4.78 is 0. The van der Waals surface area contributed by atoms with Crippen LogP contribution in [0.15, 0.2) is 41.8 Å². The van der Waals surface area contributed by atoms with E-state index < -0.39 is 0 Å². The van der Waals surface area contributed by atoms with Crippen molar-refractivity contribution in [1.29, 1.82) is 0 Å². The van der Waals surface area contributed by atoms with Gasteiger partial charge in [-0.1, -0.05) is 18.2 Å². The fourth-order valence-corrected chi connectivity index (χ4v) is 3.34. The Morgan fingerprint density at radius 1 is 1.12 bits per heavy atom. The van der Waals surface area contributed by atoms with Crippen molar-refractivity contribution in [1.82, 2.24) is 16.0 Å². The van der Waals surface area contributed by atoms with Crippen molar-refractivity contribution in [3.63, 3.8) is 0 Å². The molecule has 0 spiro atoms. The van der Waals surface area contributed by atoms with Crippen LogP contribution in [0.3, 0.4) is 0 Å². The molecule has 126 valence electrons. The molecular formula is C18H21N3O2S. The van der Waals surface area contributed by atoms with Gasteiger partial charge in [-0.15, -0.1) is 11.3 Å². The second-order valence-electron chi connectivity index (χ2n) is 5.86. The first kappa shape index (κ1) is 16.7. The van der Waals surface area contributed by atoms with Gasteiger partial charge in [0.15, 0.2) is 0 Å². The van der Waals surface area contributed by atoms with E-state index in [9.17, 15) is 9.59 Å². The Balaban J connectivity index is 1.47. The average Bonchev–Trinajstić information content (AvgIpc) is 3.31. The Morgan fingerprint density at radius 3 is 2.62 bits per heavy atom. The minimum atomic E-state index is -0.0733. The van der Waals surface area contributed by atoms with Crippen LogP contribution in [0.4, 0.5) is 0 Å². The second-order valence-corrected chi connectivity index (χ2v) is 6.81. The third-order valence-electron chi connectivity index (χ3n) is 4.09. The van der Waals surface area contributed by atoms with Gasteiger partial charge in [0.1, 0.15) is 0 Å². The predicted molar refractivity (Wildman–Crippen MR) is 95.3 cm³/mol. The van der Waals surface area contributed by atoms with E-state index >= 15 is 0 Å². The zero-order valence-electron chi connectivity index (χ0n) is 13.4. The summed E-state index contributed by atoms with van der Waals surface area (Å²) in [6.45, 7) is 2.15. The molecule has 3 rings (SSSR count). The Labute approximate surface area is 145 Å². The van der Waals surface area contributed by atoms with Gasteiger partial charge in [-0.2, -0.15) is 0 Å². The quantitative estimate of drug-likeness (QED) is 0.753. The van der Waals surface area contributed by atoms with Crippen LogP contribution in [0.25, 0.3) is 0 Å². The molecule has 2 aromatic rings. The number of benzene rings is 1. The smallest absolute Gasteiger partial charge is 0.261 e. The van der Waals surface area contributed by atoms with Crippen molar-refractivity contribution in [3.8, 4) is 0 Å². The van der Waals surface area contributed by atoms with Gasteiger partial charge in [0.2, 0.25) is 0 Å². The fourth-order valence-electron chi connectivity index (χ4n) is 2.70. The van der Waals surface area contributed by atoms with Crippen LogP contribution in [0.2, 0.25) is 0 Å². The molecule has 0 saturated carbocycles. The Hall–Kier alpha value is -2.18. The maximum Gasteiger partial charge on any atom is 0.261 e. The van der Waals surface area contributed by atoms with Gasteiger partial charge in [0, 0.05) is 24.7 Å². The summed E-state index contributed by atoms with van der Waals surface area (Å²) >= 11 is 1.42. The number of rotatable bonds is 6. The van der Waals surface area contributed by atoms with E-state index in [4.69, 9.17) is 0 Å². The molecule has 24 heavy (non-hydrogen) atoms. The van der Waals surface area contributed by atoms with Gasteiger partial charge < -0.3 is 16.0 Å². The van der Waals surface area contributed by atoms with Gasteiger partial charge in [-0.05, 0) is 48.5 Å². The van der Waals surface area contributed by atoms with Gasteiger partial charge >= 0.3 is 0 Å². The van der Waals surface area contributed by atoms with Crippen LogP contribution in [0.5, 0.6) is 0 Å². The molecule has 0 bridgehead atoms.